The molecule has 0 spiro atoms. The van der Waals surface area contributed by atoms with E-state index in [1.807, 2.05) is 38.1 Å². The van der Waals surface area contributed by atoms with Crippen LogP contribution in [0.4, 0.5) is 4.39 Å². The van der Waals surface area contributed by atoms with E-state index in [-0.39, 0.29) is 30.1 Å². The van der Waals surface area contributed by atoms with Crippen LogP contribution in [0.15, 0.2) is 60.8 Å². The van der Waals surface area contributed by atoms with Gasteiger partial charge in [0.25, 0.3) is 11.8 Å². The largest absolute Gasteiger partial charge is 0.347 e. The Labute approximate surface area is 245 Å². The van der Waals surface area contributed by atoms with Gasteiger partial charge >= 0.3 is 0 Å². The first-order valence-electron chi connectivity index (χ1n) is 13.9. The number of aromatic nitrogens is 2. The molecule has 10 heteroatoms. The first-order valence-corrected chi connectivity index (χ1v) is 14.7. The fourth-order valence-corrected chi connectivity index (χ4v) is 6.59. The Kier molecular flexibility index (Phi) is 7.47. The monoisotopic (exact) mass is 583 g/mol. The second-order valence-corrected chi connectivity index (χ2v) is 11.8. The van der Waals surface area contributed by atoms with Crippen molar-refractivity contribution < 1.29 is 18.8 Å². The summed E-state index contributed by atoms with van der Waals surface area (Å²) in [5.74, 6) is -0.938. The van der Waals surface area contributed by atoms with Crippen LogP contribution < -0.4 is 10.6 Å². The summed E-state index contributed by atoms with van der Waals surface area (Å²) in [7, 11) is 0. The van der Waals surface area contributed by atoms with Crippen LogP contribution >= 0.6 is 11.3 Å². The number of nitrogens with one attached hydrogen (secondary N) is 3. The topological polar surface area (TPSA) is 107 Å². The summed E-state index contributed by atoms with van der Waals surface area (Å²) < 4.78 is 14.3. The van der Waals surface area contributed by atoms with Gasteiger partial charge in [-0.25, -0.2) is 4.39 Å². The minimum absolute atomic E-state index is 0.142. The number of nitrogens with zero attached hydrogens (tertiary/aromatic N) is 2. The van der Waals surface area contributed by atoms with Gasteiger partial charge in [-0.15, -0.1) is 11.3 Å². The van der Waals surface area contributed by atoms with E-state index in [1.165, 1.54) is 17.4 Å². The summed E-state index contributed by atoms with van der Waals surface area (Å²) in [4.78, 5) is 42.9. The maximum atomic E-state index is 14.3. The zero-order valence-corrected chi connectivity index (χ0v) is 24.1. The quantitative estimate of drug-likeness (QED) is 0.243. The number of halogens is 1. The van der Waals surface area contributed by atoms with Crippen LogP contribution in [0.2, 0.25) is 0 Å². The van der Waals surface area contributed by atoms with E-state index < -0.39 is 6.04 Å². The van der Waals surface area contributed by atoms with Crippen molar-refractivity contribution in [2.45, 2.75) is 45.8 Å². The number of carbonyl (C=O) groups is 3. The molecule has 0 saturated heterocycles. The third-order valence-electron chi connectivity index (χ3n) is 7.73. The van der Waals surface area contributed by atoms with Crippen LogP contribution in [0.1, 0.15) is 54.9 Å². The van der Waals surface area contributed by atoms with E-state index in [0.717, 1.165) is 37.9 Å². The van der Waals surface area contributed by atoms with E-state index >= 15 is 0 Å². The minimum atomic E-state index is -0.658. The molecule has 0 bridgehead atoms. The Bertz CT molecular complexity index is 1840. The fraction of sp³-hybridized carbons (Fsp3) is 0.250. The molecule has 0 fully saturated rings. The van der Waals surface area contributed by atoms with Crippen LogP contribution in [0.5, 0.6) is 0 Å². The summed E-state index contributed by atoms with van der Waals surface area (Å²) in [6.45, 7) is 4.95. The molecule has 6 rings (SSSR count). The van der Waals surface area contributed by atoms with Gasteiger partial charge < -0.3 is 15.5 Å². The highest BCUT2D eigenvalue weighted by atomic mass is 32.1. The molecule has 0 radical (unpaired) electrons. The van der Waals surface area contributed by atoms with Crippen molar-refractivity contribution in [1.82, 2.24) is 25.7 Å². The van der Waals surface area contributed by atoms with Crippen molar-refractivity contribution >= 4 is 50.7 Å². The number of aromatic amines is 1. The highest BCUT2D eigenvalue weighted by molar-refractivity contribution is 7.14. The number of rotatable bonds is 7. The lowest BCUT2D eigenvalue weighted by Crippen LogP contribution is -2.49. The van der Waals surface area contributed by atoms with Gasteiger partial charge in [-0.1, -0.05) is 30.7 Å². The summed E-state index contributed by atoms with van der Waals surface area (Å²) in [5.41, 5.74) is 4.02. The van der Waals surface area contributed by atoms with E-state index in [9.17, 15) is 18.8 Å². The van der Waals surface area contributed by atoms with Crippen LogP contribution in [0.3, 0.4) is 0 Å². The van der Waals surface area contributed by atoms with Gasteiger partial charge in [0.05, 0.1) is 16.6 Å². The number of fused-ring (bicyclic) bond motifs is 3. The van der Waals surface area contributed by atoms with Crippen molar-refractivity contribution in [2.24, 2.45) is 0 Å². The number of hydrogen-bond donors (Lipinski definition) is 3. The summed E-state index contributed by atoms with van der Waals surface area (Å²) in [6.07, 6.45) is 2.75. The predicted molar refractivity (Wildman–Crippen MR) is 161 cm³/mol. The Balaban J connectivity index is 1.10. The molecule has 0 saturated carbocycles. The SMILES string of the molecule is CC[C@@H](NC(=O)c1ccc2[nH]ncc2c1)C(=O)N1CCc2sc(C(=O)NCc3cc(C)cc4c(F)cccc34)cc2C1. The molecule has 214 valence electrons. The van der Waals surface area contributed by atoms with E-state index in [1.54, 1.807) is 35.4 Å². The fourth-order valence-electron chi connectivity index (χ4n) is 5.51. The zero-order chi connectivity index (χ0) is 29.4. The molecular formula is C32H30FN5O3S. The molecule has 2 aromatic heterocycles. The molecule has 1 aliphatic heterocycles. The van der Waals surface area contributed by atoms with Crippen LogP contribution in [0, 0.1) is 12.7 Å². The predicted octanol–water partition coefficient (Wildman–Crippen LogP) is 5.25. The van der Waals surface area contributed by atoms with Crippen LogP contribution in [-0.4, -0.2) is 45.4 Å². The number of hydrogen-bond acceptors (Lipinski definition) is 5. The molecular weight excluding hydrogens is 553 g/mol. The molecule has 3 N–H and O–H groups in total. The third kappa shape index (κ3) is 5.37. The van der Waals surface area contributed by atoms with Crippen molar-refractivity contribution in [2.75, 3.05) is 6.54 Å². The smallest absolute Gasteiger partial charge is 0.261 e. The minimum Gasteiger partial charge on any atom is -0.347 e. The number of carbonyl (C=O) groups excluding carboxylic acids is 3. The summed E-state index contributed by atoms with van der Waals surface area (Å²) >= 11 is 1.44. The lowest BCUT2D eigenvalue weighted by Gasteiger charge is -2.30. The second kappa shape index (κ2) is 11.4. The van der Waals surface area contributed by atoms with E-state index in [4.69, 9.17) is 0 Å². The van der Waals surface area contributed by atoms with Gasteiger partial charge in [-0.3, -0.25) is 19.5 Å². The molecule has 42 heavy (non-hydrogen) atoms. The molecule has 3 heterocycles. The zero-order valence-electron chi connectivity index (χ0n) is 23.3. The third-order valence-corrected chi connectivity index (χ3v) is 8.96. The van der Waals surface area contributed by atoms with E-state index in [0.29, 0.717) is 41.8 Å². The number of aryl methyl sites for hydroxylation is 1. The highest BCUT2D eigenvalue weighted by Crippen LogP contribution is 2.29. The maximum Gasteiger partial charge on any atom is 0.261 e. The Morgan fingerprint density at radius 3 is 2.79 bits per heavy atom. The maximum absolute atomic E-state index is 14.3. The van der Waals surface area contributed by atoms with Crippen molar-refractivity contribution in [3.63, 3.8) is 0 Å². The van der Waals surface area contributed by atoms with Crippen LogP contribution in [0.25, 0.3) is 21.7 Å². The van der Waals surface area contributed by atoms with Gasteiger partial charge in [0.1, 0.15) is 11.9 Å². The number of thiophene rings is 1. The Hall–Kier alpha value is -4.57. The molecule has 1 atom stereocenters. The van der Waals surface area contributed by atoms with Crippen molar-refractivity contribution in [1.29, 1.82) is 0 Å². The van der Waals surface area contributed by atoms with Crippen molar-refractivity contribution in [3.05, 3.63) is 98.6 Å². The number of benzene rings is 3. The van der Waals surface area contributed by atoms with Gasteiger partial charge in [0, 0.05) is 40.8 Å². The average Bonchev–Trinajstić information content (AvgIpc) is 3.65. The second-order valence-electron chi connectivity index (χ2n) is 10.6. The molecule has 0 aliphatic carbocycles. The highest BCUT2D eigenvalue weighted by Gasteiger charge is 2.29. The summed E-state index contributed by atoms with van der Waals surface area (Å²) in [6, 6.07) is 15.2. The Morgan fingerprint density at radius 1 is 1.10 bits per heavy atom. The average molecular weight is 584 g/mol. The molecule has 5 aromatic rings. The van der Waals surface area contributed by atoms with Crippen LogP contribution in [-0.2, 0) is 24.3 Å². The molecule has 3 amide bonds. The molecule has 8 nitrogen and oxygen atoms in total. The number of amides is 3. The number of H-pyrrole nitrogens is 1. The standard InChI is InChI=1S/C32H30FN5O3S/c1-3-26(36-30(39)19-7-8-27-21(13-19)16-35-37-27)32(41)38-10-9-28-22(17-38)14-29(42-28)31(40)34-15-20-11-18(2)12-24-23(20)5-4-6-25(24)33/h4-8,11-14,16,26H,3,9-10,15,17H2,1-2H3,(H,34,40)(H,35,37)(H,36,39)/t26-/m1/s1. The van der Waals surface area contributed by atoms with Gasteiger partial charge in [-0.2, -0.15) is 5.10 Å². The summed E-state index contributed by atoms with van der Waals surface area (Å²) in [5, 5.41) is 14.9. The van der Waals surface area contributed by atoms with Crippen molar-refractivity contribution in [3.8, 4) is 0 Å². The van der Waals surface area contributed by atoms with Gasteiger partial charge in [-0.05, 0) is 72.7 Å². The normalized spacial score (nSPS) is 13.6. The van der Waals surface area contributed by atoms with Gasteiger partial charge in [0.2, 0.25) is 5.91 Å². The first-order chi connectivity index (χ1) is 20.3. The van der Waals surface area contributed by atoms with E-state index in [2.05, 4.69) is 20.8 Å². The lowest BCUT2D eigenvalue weighted by atomic mass is 10.0. The Morgan fingerprint density at radius 2 is 1.95 bits per heavy atom. The first kappa shape index (κ1) is 27.6. The lowest BCUT2D eigenvalue weighted by molar-refractivity contribution is -0.134. The molecule has 1 aliphatic rings. The molecule has 3 aromatic carbocycles. The van der Waals surface area contributed by atoms with Gasteiger partial charge in [0.15, 0.2) is 0 Å². The molecule has 0 unspecified atom stereocenters.